The van der Waals surface area contributed by atoms with Gasteiger partial charge in [-0.1, -0.05) is 11.8 Å². The Labute approximate surface area is 120 Å². The molecule has 1 heterocycles. The zero-order valence-corrected chi connectivity index (χ0v) is 12.0. The molecule has 0 bridgehead atoms. The molecule has 0 aliphatic rings. The quantitative estimate of drug-likeness (QED) is 0.634. The number of aromatic nitrogens is 3. The third kappa shape index (κ3) is 3.41. The maximum atomic E-state index is 11.8. The molecular formula is C12H15N5O2S. The number of methoxy groups -OCH3 is 1. The van der Waals surface area contributed by atoms with Crippen LogP contribution in [-0.4, -0.2) is 33.5 Å². The summed E-state index contributed by atoms with van der Waals surface area (Å²) in [5.74, 6) is 0.724. The van der Waals surface area contributed by atoms with Gasteiger partial charge in [0.1, 0.15) is 12.1 Å². The molecule has 1 aromatic heterocycles. The van der Waals surface area contributed by atoms with E-state index in [0.29, 0.717) is 22.3 Å². The van der Waals surface area contributed by atoms with Gasteiger partial charge in [0.2, 0.25) is 5.91 Å². The first-order chi connectivity index (χ1) is 9.60. The van der Waals surface area contributed by atoms with Crippen LogP contribution in [0.2, 0.25) is 0 Å². The van der Waals surface area contributed by atoms with Gasteiger partial charge in [-0.2, -0.15) is 5.10 Å². The molecule has 0 spiro atoms. The van der Waals surface area contributed by atoms with Gasteiger partial charge in [-0.25, -0.2) is 9.67 Å². The zero-order valence-electron chi connectivity index (χ0n) is 11.2. The standard InChI is InChI=1S/C12H15N5O2S/c1-17-12(14-7-15-17)20-6-11(18)16-10-4-3-8(19-2)5-9(10)13/h3-5,7H,6,13H2,1-2H3,(H,16,18). The average molecular weight is 293 g/mol. The van der Waals surface area contributed by atoms with Crippen molar-refractivity contribution >= 4 is 29.0 Å². The number of ether oxygens (including phenoxy) is 1. The summed E-state index contributed by atoms with van der Waals surface area (Å²) in [6.07, 6.45) is 1.45. The molecule has 8 heteroatoms. The fraction of sp³-hybridized carbons (Fsp3) is 0.250. The van der Waals surface area contributed by atoms with Gasteiger partial charge < -0.3 is 15.8 Å². The normalized spacial score (nSPS) is 10.3. The number of nitrogens with one attached hydrogen (secondary N) is 1. The molecule has 1 amide bonds. The van der Waals surface area contributed by atoms with E-state index in [-0.39, 0.29) is 11.7 Å². The van der Waals surface area contributed by atoms with Crippen LogP contribution in [0.1, 0.15) is 0 Å². The van der Waals surface area contributed by atoms with Crippen molar-refractivity contribution in [3.63, 3.8) is 0 Å². The molecule has 0 unspecified atom stereocenters. The van der Waals surface area contributed by atoms with E-state index in [0.717, 1.165) is 0 Å². The van der Waals surface area contributed by atoms with Gasteiger partial charge in [-0.15, -0.1) is 0 Å². The number of carbonyl (C=O) groups excluding carboxylic acids is 1. The third-order valence-corrected chi connectivity index (χ3v) is 3.57. The van der Waals surface area contributed by atoms with Gasteiger partial charge in [0.25, 0.3) is 0 Å². The minimum Gasteiger partial charge on any atom is -0.497 e. The Kier molecular flexibility index (Phi) is 4.46. The molecule has 3 N–H and O–H groups in total. The Balaban J connectivity index is 1.93. The Morgan fingerprint density at radius 1 is 1.55 bits per heavy atom. The molecule has 7 nitrogen and oxygen atoms in total. The number of rotatable bonds is 5. The van der Waals surface area contributed by atoms with E-state index >= 15 is 0 Å². The van der Waals surface area contributed by atoms with Crippen molar-refractivity contribution in [3.05, 3.63) is 24.5 Å². The highest BCUT2D eigenvalue weighted by molar-refractivity contribution is 7.99. The predicted octanol–water partition coefficient (Wildman–Crippen LogP) is 1.14. The first kappa shape index (κ1) is 14.2. The van der Waals surface area contributed by atoms with Crippen LogP contribution in [0.5, 0.6) is 5.75 Å². The SMILES string of the molecule is COc1ccc(NC(=O)CSc2ncnn2C)c(N)c1. The fourth-order valence-corrected chi connectivity index (χ4v) is 2.20. The summed E-state index contributed by atoms with van der Waals surface area (Å²) in [5.41, 5.74) is 6.86. The van der Waals surface area contributed by atoms with Gasteiger partial charge in [0, 0.05) is 13.1 Å². The topological polar surface area (TPSA) is 95.1 Å². The van der Waals surface area contributed by atoms with E-state index in [4.69, 9.17) is 10.5 Å². The van der Waals surface area contributed by atoms with Crippen molar-refractivity contribution in [2.75, 3.05) is 23.9 Å². The van der Waals surface area contributed by atoms with Crippen molar-refractivity contribution in [2.45, 2.75) is 5.16 Å². The smallest absolute Gasteiger partial charge is 0.234 e. The molecular weight excluding hydrogens is 278 g/mol. The summed E-state index contributed by atoms with van der Waals surface area (Å²) in [5, 5.41) is 7.36. The van der Waals surface area contributed by atoms with Gasteiger partial charge in [-0.3, -0.25) is 4.79 Å². The second-order valence-corrected chi connectivity index (χ2v) is 4.90. The van der Waals surface area contributed by atoms with E-state index in [2.05, 4.69) is 15.4 Å². The number of anilines is 2. The lowest BCUT2D eigenvalue weighted by molar-refractivity contribution is -0.113. The highest BCUT2D eigenvalue weighted by Crippen LogP contribution is 2.24. The highest BCUT2D eigenvalue weighted by atomic mass is 32.2. The van der Waals surface area contributed by atoms with Crippen molar-refractivity contribution < 1.29 is 9.53 Å². The molecule has 2 rings (SSSR count). The largest absolute Gasteiger partial charge is 0.497 e. The maximum Gasteiger partial charge on any atom is 0.234 e. The second kappa shape index (κ2) is 6.29. The van der Waals surface area contributed by atoms with Gasteiger partial charge >= 0.3 is 0 Å². The number of nitrogen functional groups attached to an aromatic ring is 1. The number of amides is 1. The van der Waals surface area contributed by atoms with Crippen LogP contribution in [0.3, 0.4) is 0 Å². The molecule has 0 aliphatic heterocycles. The van der Waals surface area contributed by atoms with Crippen molar-refractivity contribution in [1.29, 1.82) is 0 Å². The van der Waals surface area contributed by atoms with E-state index in [1.807, 2.05) is 0 Å². The van der Waals surface area contributed by atoms with Crippen LogP contribution in [0.25, 0.3) is 0 Å². The minimum absolute atomic E-state index is 0.158. The molecule has 1 aromatic carbocycles. The maximum absolute atomic E-state index is 11.8. The van der Waals surface area contributed by atoms with Crippen LogP contribution in [-0.2, 0) is 11.8 Å². The summed E-state index contributed by atoms with van der Waals surface area (Å²) in [4.78, 5) is 15.9. The molecule has 20 heavy (non-hydrogen) atoms. The first-order valence-electron chi connectivity index (χ1n) is 5.80. The minimum atomic E-state index is -0.158. The molecule has 106 valence electrons. The molecule has 0 radical (unpaired) electrons. The fourth-order valence-electron chi connectivity index (χ4n) is 1.51. The Hall–Kier alpha value is -2.22. The number of thioether (sulfide) groups is 1. The van der Waals surface area contributed by atoms with E-state index in [1.165, 1.54) is 18.1 Å². The number of benzene rings is 1. The van der Waals surface area contributed by atoms with Crippen molar-refractivity contribution in [3.8, 4) is 5.75 Å². The Bertz CT molecular complexity index is 614. The molecule has 0 atom stereocenters. The van der Waals surface area contributed by atoms with Crippen LogP contribution in [0.15, 0.2) is 29.7 Å². The number of carbonyl (C=O) groups is 1. The number of hydrogen-bond donors (Lipinski definition) is 2. The highest BCUT2D eigenvalue weighted by Gasteiger charge is 2.09. The van der Waals surface area contributed by atoms with E-state index in [9.17, 15) is 4.79 Å². The van der Waals surface area contributed by atoms with Crippen LogP contribution in [0.4, 0.5) is 11.4 Å². The summed E-state index contributed by atoms with van der Waals surface area (Å²) >= 11 is 1.31. The monoisotopic (exact) mass is 293 g/mol. The van der Waals surface area contributed by atoms with Crippen LogP contribution in [0, 0.1) is 0 Å². The summed E-state index contributed by atoms with van der Waals surface area (Å²) in [6.45, 7) is 0. The summed E-state index contributed by atoms with van der Waals surface area (Å²) < 4.78 is 6.66. The third-order valence-electron chi connectivity index (χ3n) is 2.54. The molecule has 0 saturated carbocycles. The van der Waals surface area contributed by atoms with Gasteiger partial charge in [-0.05, 0) is 12.1 Å². The summed E-state index contributed by atoms with van der Waals surface area (Å²) in [6, 6.07) is 5.10. The average Bonchev–Trinajstić information content (AvgIpc) is 2.84. The zero-order chi connectivity index (χ0) is 14.5. The predicted molar refractivity (Wildman–Crippen MR) is 77.8 cm³/mol. The number of nitrogens with two attached hydrogens (primary N) is 1. The van der Waals surface area contributed by atoms with Crippen molar-refractivity contribution in [2.24, 2.45) is 7.05 Å². The molecule has 0 aliphatic carbocycles. The second-order valence-electron chi connectivity index (χ2n) is 3.96. The lowest BCUT2D eigenvalue weighted by Crippen LogP contribution is -2.15. The van der Waals surface area contributed by atoms with E-state index in [1.54, 1.807) is 37.0 Å². The lowest BCUT2D eigenvalue weighted by Gasteiger charge is -2.09. The number of hydrogen-bond acceptors (Lipinski definition) is 6. The number of nitrogens with zero attached hydrogens (tertiary/aromatic N) is 3. The molecule has 0 fully saturated rings. The molecule has 0 saturated heterocycles. The Morgan fingerprint density at radius 2 is 2.35 bits per heavy atom. The Morgan fingerprint density at radius 3 is 2.95 bits per heavy atom. The molecule has 2 aromatic rings. The lowest BCUT2D eigenvalue weighted by atomic mass is 10.2. The van der Waals surface area contributed by atoms with Gasteiger partial charge in [0.05, 0.1) is 24.2 Å². The number of aryl methyl sites for hydroxylation is 1. The van der Waals surface area contributed by atoms with Crippen LogP contribution < -0.4 is 15.8 Å². The van der Waals surface area contributed by atoms with Crippen molar-refractivity contribution in [1.82, 2.24) is 14.8 Å². The summed E-state index contributed by atoms with van der Waals surface area (Å²) in [7, 11) is 3.33. The van der Waals surface area contributed by atoms with Crippen LogP contribution >= 0.6 is 11.8 Å². The van der Waals surface area contributed by atoms with Gasteiger partial charge in [0.15, 0.2) is 5.16 Å². The van der Waals surface area contributed by atoms with E-state index < -0.39 is 0 Å². The first-order valence-corrected chi connectivity index (χ1v) is 6.79.